The second kappa shape index (κ2) is 9.68. The molecule has 0 saturated carbocycles. The molecule has 2 aromatic carbocycles. The molecule has 2 aliphatic heterocycles. The minimum absolute atomic E-state index is 0.755. The summed E-state index contributed by atoms with van der Waals surface area (Å²) in [6.07, 6.45) is 6.35. The molecule has 2 fully saturated rings. The summed E-state index contributed by atoms with van der Waals surface area (Å²) in [7, 11) is 3.36. The van der Waals surface area contributed by atoms with Gasteiger partial charge in [-0.25, -0.2) is 0 Å². The number of hydrogen-bond donors (Lipinski definition) is 2. The lowest BCUT2D eigenvalue weighted by Crippen LogP contribution is -2.39. The zero-order chi connectivity index (χ0) is 22.8. The Bertz CT molecular complexity index is 1090. The molecular weight excluding hydrogens is 410 g/mol. The maximum Gasteiger partial charge on any atom is 0.161 e. The number of aromatic amines is 1. The summed E-state index contributed by atoms with van der Waals surface area (Å²) in [5, 5.41) is 4.85. The van der Waals surface area contributed by atoms with Gasteiger partial charge in [0.1, 0.15) is 0 Å². The number of ether oxygens (including phenoxy) is 2. The van der Waals surface area contributed by atoms with Crippen LogP contribution in [0.25, 0.3) is 22.2 Å². The summed E-state index contributed by atoms with van der Waals surface area (Å²) < 4.78 is 11.0. The van der Waals surface area contributed by atoms with Crippen LogP contribution in [0.3, 0.4) is 0 Å². The molecule has 5 rings (SSSR count). The van der Waals surface area contributed by atoms with Crippen LogP contribution in [0.2, 0.25) is 0 Å². The number of nitrogens with one attached hydrogen (secondary N) is 2. The lowest BCUT2D eigenvalue weighted by atomic mass is 9.79. The van der Waals surface area contributed by atoms with E-state index in [0.717, 1.165) is 35.3 Å². The molecule has 2 saturated heterocycles. The van der Waals surface area contributed by atoms with Crippen LogP contribution in [0, 0.1) is 11.8 Å². The van der Waals surface area contributed by atoms with Crippen molar-refractivity contribution in [3.63, 3.8) is 0 Å². The molecule has 0 radical (unpaired) electrons. The van der Waals surface area contributed by atoms with E-state index in [2.05, 4.69) is 52.5 Å². The van der Waals surface area contributed by atoms with Gasteiger partial charge in [-0.05, 0) is 99.0 Å². The largest absolute Gasteiger partial charge is 0.493 e. The molecule has 0 aliphatic carbocycles. The first-order valence-corrected chi connectivity index (χ1v) is 12.5. The molecule has 0 spiro atoms. The van der Waals surface area contributed by atoms with Crippen LogP contribution < -0.4 is 19.7 Å². The topological polar surface area (TPSA) is 49.5 Å². The summed E-state index contributed by atoms with van der Waals surface area (Å²) in [6, 6.07) is 13.1. The lowest BCUT2D eigenvalue weighted by molar-refractivity contribution is 0.222. The van der Waals surface area contributed by atoms with E-state index in [1.807, 2.05) is 6.07 Å². The average molecular weight is 448 g/mol. The first-order chi connectivity index (χ1) is 16.2. The van der Waals surface area contributed by atoms with Crippen LogP contribution in [-0.2, 0) is 6.42 Å². The van der Waals surface area contributed by atoms with Gasteiger partial charge in [0.05, 0.1) is 14.2 Å². The predicted octanol–water partition coefficient (Wildman–Crippen LogP) is 5.63. The van der Waals surface area contributed by atoms with E-state index in [9.17, 15) is 0 Å². The molecule has 176 valence electrons. The van der Waals surface area contributed by atoms with E-state index in [-0.39, 0.29) is 0 Å². The lowest BCUT2D eigenvalue weighted by Gasteiger charge is -2.38. The predicted molar refractivity (Wildman–Crippen MR) is 137 cm³/mol. The number of aromatic nitrogens is 1. The molecule has 2 N–H and O–H groups in total. The van der Waals surface area contributed by atoms with Crippen LogP contribution in [0.1, 0.15) is 38.2 Å². The number of piperidine rings is 2. The second-order valence-electron chi connectivity index (χ2n) is 9.54. The van der Waals surface area contributed by atoms with E-state index in [1.165, 1.54) is 79.7 Å². The standard InChI is InChI=1S/C28H37N3O2/c1-4-23-24-18-22(31-15-11-20(12-16-31)19-9-13-29-14-10-19)6-7-25(24)30-28(23)21-5-8-26(32-2)27(17-21)33-3/h5-8,17-20,29-30H,4,9-16H2,1-3H3. The highest BCUT2D eigenvalue weighted by Crippen LogP contribution is 2.38. The minimum atomic E-state index is 0.755. The second-order valence-corrected chi connectivity index (χ2v) is 9.54. The number of anilines is 1. The van der Waals surface area contributed by atoms with Crippen molar-refractivity contribution >= 4 is 16.6 Å². The quantitative estimate of drug-likeness (QED) is 0.514. The average Bonchev–Trinajstić information content (AvgIpc) is 3.26. The molecule has 0 unspecified atom stereocenters. The molecule has 0 bridgehead atoms. The van der Waals surface area contributed by atoms with Crippen molar-refractivity contribution in [3.05, 3.63) is 42.0 Å². The minimum Gasteiger partial charge on any atom is -0.493 e. The number of fused-ring (bicyclic) bond motifs is 1. The Balaban J connectivity index is 1.40. The number of H-pyrrole nitrogens is 1. The first kappa shape index (κ1) is 22.1. The number of hydrogen-bond acceptors (Lipinski definition) is 4. The van der Waals surface area contributed by atoms with Gasteiger partial charge in [-0.3, -0.25) is 0 Å². The van der Waals surface area contributed by atoms with Gasteiger partial charge in [-0.1, -0.05) is 6.92 Å². The molecule has 5 nitrogen and oxygen atoms in total. The van der Waals surface area contributed by atoms with Crippen LogP contribution in [0.5, 0.6) is 11.5 Å². The van der Waals surface area contributed by atoms with Gasteiger partial charge in [-0.2, -0.15) is 0 Å². The highest BCUT2D eigenvalue weighted by Gasteiger charge is 2.28. The van der Waals surface area contributed by atoms with Crippen LogP contribution in [-0.4, -0.2) is 45.4 Å². The third kappa shape index (κ3) is 4.31. The summed E-state index contributed by atoms with van der Waals surface area (Å²) in [5.74, 6) is 3.34. The number of methoxy groups -OCH3 is 2. The Kier molecular flexibility index (Phi) is 6.50. The van der Waals surface area contributed by atoms with E-state index in [0.29, 0.717) is 0 Å². The monoisotopic (exact) mass is 447 g/mol. The first-order valence-electron chi connectivity index (χ1n) is 12.5. The third-order valence-electron chi connectivity index (χ3n) is 7.87. The summed E-state index contributed by atoms with van der Waals surface area (Å²) in [6.45, 7) is 7.00. The zero-order valence-corrected chi connectivity index (χ0v) is 20.2. The fourth-order valence-corrected chi connectivity index (χ4v) is 5.98. The summed E-state index contributed by atoms with van der Waals surface area (Å²) >= 11 is 0. The van der Waals surface area contributed by atoms with Crippen LogP contribution >= 0.6 is 0 Å². The van der Waals surface area contributed by atoms with Crippen molar-refractivity contribution in [2.75, 3.05) is 45.3 Å². The van der Waals surface area contributed by atoms with Gasteiger partial charge in [0.2, 0.25) is 0 Å². The van der Waals surface area contributed by atoms with E-state index >= 15 is 0 Å². The molecule has 2 aliphatic rings. The molecular formula is C28H37N3O2. The van der Waals surface area contributed by atoms with Crippen molar-refractivity contribution in [2.24, 2.45) is 11.8 Å². The third-order valence-corrected chi connectivity index (χ3v) is 7.87. The Labute approximate surface area is 197 Å². The highest BCUT2D eigenvalue weighted by atomic mass is 16.5. The maximum atomic E-state index is 5.55. The van der Waals surface area contributed by atoms with Crippen molar-refractivity contribution in [2.45, 2.75) is 39.0 Å². The number of rotatable bonds is 6. The number of nitrogens with zero attached hydrogens (tertiary/aromatic N) is 1. The molecule has 3 heterocycles. The molecule has 3 aromatic rings. The SMILES string of the molecule is CCc1c(-c2ccc(OC)c(OC)c2)[nH]c2ccc(N3CCC(C4CCNCC4)CC3)cc12. The normalized spacial score (nSPS) is 18.1. The number of aryl methyl sites for hydroxylation is 1. The van der Waals surface area contributed by atoms with Crippen molar-refractivity contribution in [1.82, 2.24) is 10.3 Å². The van der Waals surface area contributed by atoms with E-state index in [1.54, 1.807) is 14.2 Å². The smallest absolute Gasteiger partial charge is 0.161 e. The van der Waals surface area contributed by atoms with Gasteiger partial charge >= 0.3 is 0 Å². The molecule has 0 atom stereocenters. The van der Waals surface area contributed by atoms with Gasteiger partial charge in [0, 0.05) is 40.9 Å². The van der Waals surface area contributed by atoms with Gasteiger partial charge in [0.25, 0.3) is 0 Å². The van der Waals surface area contributed by atoms with Crippen molar-refractivity contribution in [3.8, 4) is 22.8 Å². The molecule has 0 amide bonds. The fraction of sp³-hybridized carbons (Fsp3) is 0.500. The Hall–Kier alpha value is -2.66. The Morgan fingerprint density at radius 1 is 0.879 bits per heavy atom. The van der Waals surface area contributed by atoms with Gasteiger partial charge in [-0.15, -0.1) is 0 Å². The molecule has 1 aromatic heterocycles. The molecule has 5 heteroatoms. The fourth-order valence-electron chi connectivity index (χ4n) is 5.98. The molecule has 33 heavy (non-hydrogen) atoms. The summed E-state index contributed by atoms with van der Waals surface area (Å²) in [5.41, 5.74) is 6.23. The van der Waals surface area contributed by atoms with E-state index < -0.39 is 0 Å². The van der Waals surface area contributed by atoms with Crippen LogP contribution in [0.15, 0.2) is 36.4 Å². The Morgan fingerprint density at radius 3 is 2.30 bits per heavy atom. The van der Waals surface area contributed by atoms with E-state index in [4.69, 9.17) is 9.47 Å². The summed E-state index contributed by atoms with van der Waals surface area (Å²) in [4.78, 5) is 6.28. The highest BCUT2D eigenvalue weighted by molar-refractivity contribution is 5.93. The number of benzene rings is 2. The maximum absolute atomic E-state index is 5.55. The zero-order valence-electron chi connectivity index (χ0n) is 20.2. The Morgan fingerprint density at radius 2 is 1.61 bits per heavy atom. The van der Waals surface area contributed by atoms with Gasteiger partial charge < -0.3 is 24.7 Å². The van der Waals surface area contributed by atoms with Crippen LogP contribution in [0.4, 0.5) is 5.69 Å². The van der Waals surface area contributed by atoms with Crippen molar-refractivity contribution < 1.29 is 9.47 Å². The van der Waals surface area contributed by atoms with Crippen molar-refractivity contribution in [1.29, 1.82) is 0 Å². The van der Waals surface area contributed by atoms with Gasteiger partial charge in [0.15, 0.2) is 11.5 Å².